The van der Waals surface area contributed by atoms with Crippen LogP contribution in [-0.4, -0.2) is 54.7 Å². The van der Waals surface area contributed by atoms with E-state index < -0.39 is 5.60 Å². The van der Waals surface area contributed by atoms with Gasteiger partial charge in [0.05, 0.1) is 5.92 Å². The van der Waals surface area contributed by atoms with Crippen LogP contribution < -0.4 is 4.90 Å². The summed E-state index contributed by atoms with van der Waals surface area (Å²) in [6, 6.07) is 7.77. The average molecular weight is 388 g/mol. The topological polar surface area (TPSA) is 76.1 Å². The third-order valence-electron chi connectivity index (χ3n) is 5.01. The predicted octanol–water partition coefficient (Wildman–Crippen LogP) is 2.77. The van der Waals surface area contributed by atoms with Gasteiger partial charge in [0.15, 0.2) is 6.61 Å². The highest BCUT2D eigenvalue weighted by atomic mass is 16.6. The van der Waals surface area contributed by atoms with Crippen LogP contribution in [0.4, 0.5) is 10.5 Å². The lowest BCUT2D eigenvalue weighted by Gasteiger charge is -2.32. The normalized spacial score (nSPS) is 17.2. The van der Waals surface area contributed by atoms with E-state index in [1.54, 1.807) is 9.80 Å². The van der Waals surface area contributed by atoms with E-state index in [0.717, 1.165) is 17.7 Å². The third-order valence-corrected chi connectivity index (χ3v) is 5.01. The predicted molar refractivity (Wildman–Crippen MR) is 104 cm³/mol. The van der Waals surface area contributed by atoms with Gasteiger partial charge < -0.3 is 19.3 Å². The van der Waals surface area contributed by atoms with Gasteiger partial charge in [0.2, 0.25) is 0 Å². The van der Waals surface area contributed by atoms with E-state index in [9.17, 15) is 14.4 Å². The van der Waals surface area contributed by atoms with Crippen molar-refractivity contribution in [2.75, 3.05) is 31.1 Å². The summed E-state index contributed by atoms with van der Waals surface area (Å²) in [4.78, 5) is 40.2. The van der Waals surface area contributed by atoms with Gasteiger partial charge >= 0.3 is 12.1 Å². The molecule has 7 heteroatoms. The fourth-order valence-electron chi connectivity index (χ4n) is 3.55. The lowest BCUT2D eigenvalue weighted by Crippen LogP contribution is -2.43. The molecule has 152 valence electrons. The summed E-state index contributed by atoms with van der Waals surface area (Å²) < 4.78 is 10.6. The van der Waals surface area contributed by atoms with E-state index >= 15 is 0 Å². The first kappa shape index (κ1) is 20.2. The molecule has 2 amide bonds. The minimum atomic E-state index is -0.540. The highest BCUT2D eigenvalue weighted by Crippen LogP contribution is 2.27. The first-order valence-electron chi connectivity index (χ1n) is 9.77. The molecule has 3 rings (SSSR count). The van der Waals surface area contributed by atoms with Crippen LogP contribution in [0, 0.1) is 5.92 Å². The van der Waals surface area contributed by atoms with Crippen LogP contribution in [0.5, 0.6) is 0 Å². The van der Waals surface area contributed by atoms with Crippen molar-refractivity contribution < 1.29 is 23.9 Å². The van der Waals surface area contributed by atoms with Crippen molar-refractivity contribution in [2.45, 2.75) is 45.6 Å². The van der Waals surface area contributed by atoms with E-state index in [1.807, 2.05) is 45.0 Å². The maximum Gasteiger partial charge on any atom is 0.410 e. The van der Waals surface area contributed by atoms with Gasteiger partial charge in [-0.1, -0.05) is 18.2 Å². The zero-order valence-electron chi connectivity index (χ0n) is 16.8. The van der Waals surface area contributed by atoms with Crippen molar-refractivity contribution in [1.29, 1.82) is 0 Å². The van der Waals surface area contributed by atoms with Crippen molar-refractivity contribution in [1.82, 2.24) is 4.90 Å². The van der Waals surface area contributed by atoms with Crippen LogP contribution in [0.3, 0.4) is 0 Å². The van der Waals surface area contributed by atoms with Crippen LogP contribution in [-0.2, 0) is 25.5 Å². The van der Waals surface area contributed by atoms with Crippen molar-refractivity contribution in [3.05, 3.63) is 29.8 Å². The van der Waals surface area contributed by atoms with Crippen LogP contribution in [0.25, 0.3) is 0 Å². The number of benzene rings is 1. The summed E-state index contributed by atoms with van der Waals surface area (Å²) in [6.07, 6.45) is 1.48. The molecule has 0 radical (unpaired) electrons. The molecule has 0 spiro atoms. The number of hydrogen-bond acceptors (Lipinski definition) is 5. The lowest BCUT2D eigenvalue weighted by atomic mass is 9.97. The largest absolute Gasteiger partial charge is 0.455 e. The first-order valence-corrected chi connectivity index (χ1v) is 9.77. The third kappa shape index (κ3) is 4.82. The number of anilines is 1. The smallest absolute Gasteiger partial charge is 0.410 e. The fourth-order valence-corrected chi connectivity index (χ4v) is 3.55. The van der Waals surface area contributed by atoms with Gasteiger partial charge in [-0.3, -0.25) is 9.59 Å². The number of para-hydroxylation sites is 1. The molecule has 2 heterocycles. The van der Waals surface area contributed by atoms with Gasteiger partial charge in [-0.05, 0) is 51.7 Å². The van der Waals surface area contributed by atoms with E-state index in [2.05, 4.69) is 0 Å². The summed E-state index contributed by atoms with van der Waals surface area (Å²) in [5, 5.41) is 0. The van der Waals surface area contributed by atoms with Gasteiger partial charge in [-0.15, -0.1) is 0 Å². The Kier molecular flexibility index (Phi) is 5.91. The number of hydrogen-bond donors (Lipinski definition) is 0. The molecule has 1 aromatic rings. The molecule has 0 N–H and O–H groups in total. The number of carbonyl (C=O) groups excluding carboxylic acids is 3. The Morgan fingerprint density at radius 3 is 2.43 bits per heavy atom. The van der Waals surface area contributed by atoms with E-state index in [-0.39, 0.29) is 30.5 Å². The van der Waals surface area contributed by atoms with Crippen molar-refractivity contribution in [2.24, 2.45) is 5.92 Å². The zero-order valence-corrected chi connectivity index (χ0v) is 16.8. The molecule has 7 nitrogen and oxygen atoms in total. The van der Waals surface area contributed by atoms with Gasteiger partial charge in [0.1, 0.15) is 5.60 Å². The molecule has 1 fully saturated rings. The quantitative estimate of drug-likeness (QED) is 0.744. The van der Waals surface area contributed by atoms with E-state index in [0.29, 0.717) is 32.5 Å². The maximum absolute atomic E-state index is 12.4. The minimum absolute atomic E-state index is 0.204. The number of esters is 1. The van der Waals surface area contributed by atoms with Crippen LogP contribution >= 0.6 is 0 Å². The second-order valence-corrected chi connectivity index (χ2v) is 8.27. The number of likely N-dealkylation sites (tertiary alicyclic amines) is 1. The monoisotopic (exact) mass is 388 g/mol. The molecule has 0 unspecified atom stereocenters. The fraction of sp³-hybridized carbons (Fsp3) is 0.571. The Labute approximate surface area is 165 Å². The molecule has 0 atom stereocenters. The average Bonchev–Trinajstić information content (AvgIpc) is 3.09. The molecule has 1 saturated heterocycles. The summed E-state index contributed by atoms with van der Waals surface area (Å²) in [6.45, 7) is 6.73. The Morgan fingerprint density at radius 1 is 1.07 bits per heavy atom. The second kappa shape index (κ2) is 8.20. The molecular weight excluding hydrogens is 360 g/mol. The van der Waals surface area contributed by atoms with Crippen LogP contribution in [0.2, 0.25) is 0 Å². The number of ether oxygens (including phenoxy) is 2. The lowest BCUT2D eigenvalue weighted by molar-refractivity contribution is -0.153. The Hall–Kier alpha value is -2.57. The zero-order chi connectivity index (χ0) is 20.3. The molecule has 28 heavy (non-hydrogen) atoms. The molecule has 2 aliphatic rings. The van der Waals surface area contributed by atoms with E-state index in [4.69, 9.17) is 9.47 Å². The van der Waals surface area contributed by atoms with E-state index in [1.165, 1.54) is 0 Å². The Morgan fingerprint density at radius 2 is 1.75 bits per heavy atom. The first-order chi connectivity index (χ1) is 13.2. The van der Waals surface area contributed by atoms with Gasteiger partial charge in [0, 0.05) is 25.3 Å². The van der Waals surface area contributed by atoms with Crippen molar-refractivity contribution in [3.8, 4) is 0 Å². The summed E-state index contributed by atoms with van der Waals surface area (Å²) in [5.74, 6) is -0.869. The maximum atomic E-state index is 12.4. The second-order valence-electron chi connectivity index (χ2n) is 8.27. The SMILES string of the molecule is CC(C)(C)OC(=O)N1CCC(C(=O)OCC(=O)N2CCc3ccccc32)CC1. The molecular formula is C21H28N2O5. The Bertz CT molecular complexity index is 747. The molecule has 1 aromatic carbocycles. The number of rotatable bonds is 3. The number of nitrogens with zero attached hydrogens (tertiary/aromatic N) is 2. The van der Waals surface area contributed by atoms with Crippen LogP contribution in [0.1, 0.15) is 39.2 Å². The summed E-state index contributed by atoms with van der Waals surface area (Å²) >= 11 is 0. The molecule has 0 bridgehead atoms. The molecule has 0 saturated carbocycles. The van der Waals surface area contributed by atoms with Crippen molar-refractivity contribution >= 4 is 23.7 Å². The summed E-state index contributed by atoms with van der Waals surface area (Å²) in [7, 11) is 0. The number of amides is 2. The highest BCUT2D eigenvalue weighted by Gasteiger charge is 2.32. The molecule has 0 aliphatic carbocycles. The van der Waals surface area contributed by atoms with Gasteiger partial charge in [0.25, 0.3) is 5.91 Å². The van der Waals surface area contributed by atoms with Crippen LogP contribution in [0.15, 0.2) is 24.3 Å². The highest BCUT2D eigenvalue weighted by molar-refractivity contribution is 5.97. The molecule has 2 aliphatic heterocycles. The van der Waals surface area contributed by atoms with Gasteiger partial charge in [-0.25, -0.2) is 4.79 Å². The summed E-state index contributed by atoms with van der Waals surface area (Å²) in [5.41, 5.74) is 1.49. The molecule has 0 aromatic heterocycles. The Balaban J connectivity index is 1.44. The number of carbonyl (C=O) groups is 3. The minimum Gasteiger partial charge on any atom is -0.455 e. The number of fused-ring (bicyclic) bond motifs is 1. The van der Waals surface area contributed by atoms with Gasteiger partial charge in [-0.2, -0.15) is 0 Å². The number of piperidine rings is 1. The van der Waals surface area contributed by atoms with Crippen molar-refractivity contribution in [3.63, 3.8) is 0 Å². The standard InChI is InChI=1S/C21H28N2O5/c1-21(2,3)28-20(26)22-11-8-16(9-12-22)19(25)27-14-18(24)23-13-10-15-6-4-5-7-17(15)23/h4-7,16H,8-14H2,1-3H3.